The summed E-state index contributed by atoms with van der Waals surface area (Å²) in [6.07, 6.45) is 0. The van der Waals surface area contributed by atoms with Crippen LogP contribution in [0.1, 0.15) is 39.2 Å². The standard InChI is InChI=1S/C14H22O/c1-11(10-15)13(14(2,3)4)12-8-6-5-7-9-12/h5-9,11,13,15H,10H2,1-4H3/t11-,13?/m1/s1. The summed E-state index contributed by atoms with van der Waals surface area (Å²) in [7, 11) is 0. The normalized spacial score (nSPS) is 16.1. The molecule has 0 aliphatic rings. The minimum Gasteiger partial charge on any atom is -0.396 e. The average Bonchev–Trinajstić information content (AvgIpc) is 2.17. The van der Waals surface area contributed by atoms with Crippen molar-refractivity contribution in [1.82, 2.24) is 0 Å². The van der Waals surface area contributed by atoms with E-state index in [1.54, 1.807) is 0 Å². The second kappa shape index (κ2) is 4.80. The van der Waals surface area contributed by atoms with E-state index < -0.39 is 0 Å². The van der Waals surface area contributed by atoms with Gasteiger partial charge in [0.05, 0.1) is 0 Å². The van der Waals surface area contributed by atoms with E-state index in [0.29, 0.717) is 11.8 Å². The van der Waals surface area contributed by atoms with Crippen LogP contribution in [0.15, 0.2) is 30.3 Å². The van der Waals surface area contributed by atoms with Crippen LogP contribution in [0, 0.1) is 11.3 Å². The Kier molecular flexibility index (Phi) is 3.92. The van der Waals surface area contributed by atoms with Gasteiger partial charge in [0.25, 0.3) is 0 Å². The molecule has 1 aromatic rings. The van der Waals surface area contributed by atoms with Crippen molar-refractivity contribution in [2.75, 3.05) is 6.61 Å². The summed E-state index contributed by atoms with van der Waals surface area (Å²) in [5.74, 6) is 0.705. The summed E-state index contributed by atoms with van der Waals surface area (Å²) in [5.41, 5.74) is 1.51. The van der Waals surface area contributed by atoms with Crippen molar-refractivity contribution in [2.45, 2.75) is 33.6 Å². The summed E-state index contributed by atoms with van der Waals surface area (Å²) in [5, 5.41) is 9.33. The Morgan fingerprint density at radius 2 is 1.67 bits per heavy atom. The first-order valence-electron chi connectivity index (χ1n) is 5.62. The highest BCUT2D eigenvalue weighted by Crippen LogP contribution is 2.40. The molecule has 0 aliphatic heterocycles. The number of rotatable bonds is 3. The quantitative estimate of drug-likeness (QED) is 0.803. The van der Waals surface area contributed by atoms with Crippen molar-refractivity contribution < 1.29 is 5.11 Å². The van der Waals surface area contributed by atoms with Gasteiger partial charge in [0.2, 0.25) is 0 Å². The number of benzene rings is 1. The van der Waals surface area contributed by atoms with Crippen LogP contribution in [0.2, 0.25) is 0 Å². The topological polar surface area (TPSA) is 20.2 Å². The van der Waals surface area contributed by atoms with Crippen molar-refractivity contribution in [3.8, 4) is 0 Å². The van der Waals surface area contributed by atoms with Crippen LogP contribution in [-0.2, 0) is 0 Å². The van der Waals surface area contributed by atoms with Crippen molar-refractivity contribution >= 4 is 0 Å². The first-order chi connectivity index (χ1) is 6.96. The van der Waals surface area contributed by atoms with E-state index in [0.717, 1.165) is 0 Å². The minimum atomic E-state index is 0.184. The molecule has 1 unspecified atom stereocenters. The lowest BCUT2D eigenvalue weighted by Crippen LogP contribution is -2.26. The molecule has 0 spiro atoms. The average molecular weight is 206 g/mol. The molecule has 1 nitrogen and oxygen atoms in total. The van der Waals surface area contributed by atoms with Crippen LogP contribution >= 0.6 is 0 Å². The summed E-state index contributed by atoms with van der Waals surface area (Å²) in [4.78, 5) is 0. The number of hydrogen-bond donors (Lipinski definition) is 1. The first kappa shape index (κ1) is 12.3. The number of hydrogen-bond acceptors (Lipinski definition) is 1. The molecule has 0 bridgehead atoms. The van der Waals surface area contributed by atoms with Gasteiger partial charge in [-0.25, -0.2) is 0 Å². The van der Waals surface area contributed by atoms with Crippen LogP contribution in [0.25, 0.3) is 0 Å². The molecule has 0 aliphatic carbocycles. The largest absolute Gasteiger partial charge is 0.396 e. The maximum Gasteiger partial charge on any atom is 0.0462 e. The van der Waals surface area contributed by atoms with E-state index in [-0.39, 0.29) is 12.0 Å². The Morgan fingerprint density at radius 1 is 1.13 bits per heavy atom. The Labute approximate surface area is 93.1 Å². The molecular weight excluding hydrogens is 184 g/mol. The lowest BCUT2D eigenvalue weighted by Gasteiger charge is -2.35. The molecule has 0 heterocycles. The van der Waals surface area contributed by atoms with E-state index >= 15 is 0 Å². The third-order valence-corrected chi connectivity index (χ3v) is 2.95. The van der Waals surface area contributed by atoms with E-state index in [2.05, 4.69) is 52.0 Å². The van der Waals surface area contributed by atoms with Crippen LogP contribution in [-0.4, -0.2) is 11.7 Å². The van der Waals surface area contributed by atoms with Gasteiger partial charge >= 0.3 is 0 Å². The number of aliphatic hydroxyl groups excluding tert-OH is 1. The smallest absolute Gasteiger partial charge is 0.0462 e. The molecule has 84 valence electrons. The third-order valence-electron chi connectivity index (χ3n) is 2.95. The molecular formula is C14H22O. The monoisotopic (exact) mass is 206 g/mol. The molecule has 0 saturated heterocycles. The molecule has 1 N–H and O–H groups in total. The van der Waals surface area contributed by atoms with Gasteiger partial charge in [-0.15, -0.1) is 0 Å². The molecule has 0 radical (unpaired) electrons. The van der Waals surface area contributed by atoms with Crippen molar-refractivity contribution in [3.63, 3.8) is 0 Å². The molecule has 1 aromatic carbocycles. The maximum atomic E-state index is 9.33. The zero-order chi connectivity index (χ0) is 11.5. The minimum absolute atomic E-state index is 0.184. The zero-order valence-electron chi connectivity index (χ0n) is 10.2. The van der Waals surface area contributed by atoms with Crippen molar-refractivity contribution in [1.29, 1.82) is 0 Å². The highest BCUT2D eigenvalue weighted by Gasteiger charge is 2.30. The second-order valence-electron chi connectivity index (χ2n) is 5.41. The molecule has 0 amide bonds. The molecule has 15 heavy (non-hydrogen) atoms. The third kappa shape index (κ3) is 3.07. The van der Waals surface area contributed by atoms with Crippen molar-refractivity contribution in [3.05, 3.63) is 35.9 Å². The fraction of sp³-hybridized carbons (Fsp3) is 0.571. The second-order valence-corrected chi connectivity index (χ2v) is 5.41. The molecule has 2 atom stereocenters. The fourth-order valence-corrected chi connectivity index (χ4v) is 2.45. The van der Waals surface area contributed by atoms with Gasteiger partial charge in [0.1, 0.15) is 0 Å². The van der Waals surface area contributed by atoms with E-state index in [9.17, 15) is 5.11 Å². The van der Waals surface area contributed by atoms with E-state index in [1.807, 2.05) is 6.07 Å². The van der Waals surface area contributed by atoms with Gasteiger partial charge in [-0.1, -0.05) is 58.0 Å². The maximum absolute atomic E-state index is 9.33. The Morgan fingerprint density at radius 3 is 2.07 bits per heavy atom. The lowest BCUT2D eigenvalue weighted by atomic mass is 9.70. The fourth-order valence-electron chi connectivity index (χ4n) is 2.45. The van der Waals surface area contributed by atoms with Crippen LogP contribution < -0.4 is 0 Å². The summed E-state index contributed by atoms with van der Waals surface area (Å²) >= 11 is 0. The van der Waals surface area contributed by atoms with Gasteiger partial charge in [0, 0.05) is 6.61 Å². The molecule has 0 fully saturated rings. The van der Waals surface area contributed by atoms with Crippen molar-refractivity contribution in [2.24, 2.45) is 11.3 Å². The predicted octanol–water partition coefficient (Wildman–Crippen LogP) is 3.44. The highest BCUT2D eigenvalue weighted by molar-refractivity contribution is 5.22. The molecule has 0 aromatic heterocycles. The SMILES string of the molecule is C[C@H](CO)C(c1ccccc1)C(C)(C)C. The highest BCUT2D eigenvalue weighted by atomic mass is 16.3. The Bertz CT molecular complexity index is 284. The van der Waals surface area contributed by atoms with Gasteiger partial charge in [0.15, 0.2) is 0 Å². The van der Waals surface area contributed by atoms with Gasteiger partial charge < -0.3 is 5.11 Å². The Balaban J connectivity index is 3.02. The molecule has 0 saturated carbocycles. The number of aliphatic hydroxyl groups is 1. The van der Waals surface area contributed by atoms with Crippen LogP contribution in [0.5, 0.6) is 0 Å². The Hall–Kier alpha value is -0.820. The molecule has 1 rings (SSSR count). The van der Waals surface area contributed by atoms with Gasteiger partial charge in [-0.2, -0.15) is 0 Å². The summed E-state index contributed by atoms with van der Waals surface area (Å²) in [6, 6.07) is 10.5. The van der Waals surface area contributed by atoms with Crippen LogP contribution in [0.4, 0.5) is 0 Å². The summed E-state index contributed by atoms with van der Waals surface area (Å²) in [6.45, 7) is 9.06. The van der Waals surface area contributed by atoms with Gasteiger partial charge in [-0.05, 0) is 22.8 Å². The van der Waals surface area contributed by atoms with E-state index in [1.165, 1.54) is 5.56 Å². The first-order valence-corrected chi connectivity index (χ1v) is 5.62. The van der Waals surface area contributed by atoms with Crippen LogP contribution in [0.3, 0.4) is 0 Å². The lowest BCUT2D eigenvalue weighted by molar-refractivity contribution is 0.159. The predicted molar refractivity (Wildman–Crippen MR) is 64.9 cm³/mol. The molecule has 1 heteroatoms. The van der Waals surface area contributed by atoms with E-state index in [4.69, 9.17) is 0 Å². The van der Waals surface area contributed by atoms with Gasteiger partial charge in [-0.3, -0.25) is 0 Å². The summed E-state index contributed by atoms with van der Waals surface area (Å²) < 4.78 is 0. The zero-order valence-corrected chi connectivity index (χ0v) is 10.2.